The summed E-state index contributed by atoms with van der Waals surface area (Å²) in [6.07, 6.45) is 1.86. The highest BCUT2D eigenvalue weighted by Gasteiger charge is 2.12. The molecule has 1 atom stereocenters. The molecular formula is C9H19N3O3S. The molecule has 0 saturated carbocycles. The number of thiol groups is 1. The van der Waals surface area contributed by atoms with Gasteiger partial charge in [0.1, 0.15) is 6.54 Å². The van der Waals surface area contributed by atoms with Gasteiger partial charge in [-0.05, 0) is 19.4 Å². The molecular weight excluding hydrogens is 230 g/mol. The van der Waals surface area contributed by atoms with Crippen LogP contribution >= 0.6 is 12.6 Å². The maximum Gasteiger partial charge on any atom is 0.319 e. The first-order valence-corrected chi connectivity index (χ1v) is 5.58. The van der Waals surface area contributed by atoms with Gasteiger partial charge in [-0.15, -0.1) is 0 Å². The number of rotatable bonds is 8. The second-order valence-electron chi connectivity index (χ2n) is 3.57. The van der Waals surface area contributed by atoms with Crippen molar-refractivity contribution in [1.29, 1.82) is 0 Å². The lowest BCUT2D eigenvalue weighted by Crippen LogP contribution is -2.42. The number of hydrogen-bond acceptors (Lipinski definition) is 5. The molecule has 4 N–H and O–H groups in total. The Hall–Kier alpha value is -0.790. The molecule has 0 radical (unpaired) electrons. The average Bonchev–Trinajstić information content (AvgIpc) is 2.12. The van der Waals surface area contributed by atoms with Gasteiger partial charge < -0.3 is 10.8 Å². The van der Waals surface area contributed by atoms with E-state index >= 15 is 0 Å². The standard InChI is InChI=1S/C9H19N3O3S/c1-12(6-9(14)15)11-8(13)5-7(16)3-2-4-10/h7,16H,2-6,10H2,1H3,(H,11,13)(H,14,15). The van der Waals surface area contributed by atoms with E-state index in [2.05, 4.69) is 18.1 Å². The number of amides is 1. The first-order valence-electron chi connectivity index (χ1n) is 5.06. The van der Waals surface area contributed by atoms with Crippen molar-refractivity contribution in [2.24, 2.45) is 5.73 Å². The van der Waals surface area contributed by atoms with Gasteiger partial charge in [0.2, 0.25) is 5.91 Å². The minimum absolute atomic E-state index is 0.0400. The molecule has 6 nitrogen and oxygen atoms in total. The molecule has 0 aromatic carbocycles. The Morgan fingerprint density at radius 1 is 1.56 bits per heavy atom. The van der Waals surface area contributed by atoms with E-state index in [1.807, 2.05) is 0 Å². The summed E-state index contributed by atoms with van der Waals surface area (Å²) in [7, 11) is 1.50. The number of nitrogens with one attached hydrogen (secondary N) is 1. The van der Waals surface area contributed by atoms with Crippen LogP contribution < -0.4 is 11.2 Å². The van der Waals surface area contributed by atoms with Gasteiger partial charge in [0, 0.05) is 18.7 Å². The normalized spacial score (nSPS) is 12.5. The van der Waals surface area contributed by atoms with Crippen molar-refractivity contribution < 1.29 is 14.7 Å². The second kappa shape index (κ2) is 8.37. The Bertz CT molecular complexity index is 238. The predicted octanol–water partition coefficient (Wildman–Crippen LogP) is -0.539. The van der Waals surface area contributed by atoms with E-state index in [9.17, 15) is 9.59 Å². The molecule has 0 aliphatic heterocycles. The van der Waals surface area contributed by atoms with Crippen molar-refractivity contribution in [3.63, 3.8) is 0 Å². The second-order valence-corrected chi connectivity index (χ2v) is 4.30. The van der Waals surface area contributed by atoms with Crippen LogP contribution in [0.5, 0.6) is 0 Å². The van der Waals surface area contributed by atoms with Gasteiger partial charge in [0.05, 0.1) is 0 Å². The van der Waals surface area contributed by atoms with Crippen molar-refractivity contribution in [3.8, 4) is 0 Å². The van der Waals surface area contributed by atoms with Crippen LogP contribution in [0.3, 0.4) is 0 Å². The van der Waals surface area contributed by atoms with Crippen molar-refractivity contribution in [2.45, 2.75) is 24.5 Å². The van der Waals surface area contributed by atoms with E-state index in [-0.39, 0.29) is 24.1 Å². The van der Waals surface area contributed by atoms with Crippen LogP contribution in [-0.4, -0.2) is 47.4 Å². The van der Waals surface area contributed by atoms with Crippen molar-refractivity contribution in [3.05, 3.63) is 0 Å². The number of carboxylic acids is 1. The van der Waals surface area contributed by atoms with Crippen molar-refractivity contribution in [1.82, 2.24) is 10.4 Å². The SMILES string of the molecule is CN(CC(=O)O)NC(=O)CC(S)CCCN. The predicted molar refractivity (Wildman–Crippen MR) is 64.1 cm³/mol. The lowest BCUT2D eigenvalue weighted by Gasteiger charge is -2.17. The Morgan fingerprint density at radius 2 is 2.19 bits per heavy atom. The zero-order valence-electron chi connectivity index (χ0n) is 9.35. The molecule has 1 amide bonds. The number of nitrogens with zero attached hydrogens (tertiary/aromatic N) is 1. The number of hydrazine groups is 1. The number of likely N-dealkylation sites (N-methyl/N-ethyl adjacent to an activating group) is 1. The van der Waals surface area contributed by atoms with E-state index in [0.29, 0.717) is 6.54 Å². The first kappa shape index (κ1) is 15.2. The van der Waals surface area contributed by atoms with Gasteiger partial charge >= 0.3 is 5.97 Å². The molecule has 0 aromatic rings. The van der Waals surface area contributed by atoms with Gasteiger partial charge in [-0.3, -0.25) is 15.0 Å². The highest BCUT2D eigenvalue weighted by molar-refractivity contribution is 7.81. The first-order chi connectivity index (χ1) is 7.45. The fourth-order valence-corrected chi connectivity index (χ4v) is 1.52. The summed E-state index contributed by atoms with van der Waals surface area (Å²) < 4.78 is 0. The van der Waals surface area contributed by atoms with E-state index in [1.54, 1.807) is 0 Å². The third-order valence-corrected chi connectivity index (χ3v) is 2.29. The monoisotopic (exact) mass is 249 g/mol. The highest BCUT2D eigenvalue weighted by Crippen LogP contribution is 2.08. The zero-order valence-corrected chi connectivity index (χ0v) is 10.2. The average molecular weight is 249 g/mol. The quantitative estimate of drug-likeness (QED) is 0.342. The summed E-state index contributed by atoms with van der Waals surface area (Å²) in [6, 6.07) is 0. The van der Waals surface area contributed by atoms with Crippen molar-refractivity contribution >= 4 is 24.5 Å². The lowest BCUT2D eigenvalue weighted by atomic mass is 10.2. The fraction of sp³-hybridized carbons (Fsp3) is 0.778. The molecule has 0 bridgehead atoms. The Kier molecular flexibility index (Phi) is 7.96. The zero-order chi connectivity index (χ0) is 12.6. The number of carbonyl (C=O) groups excluding carboxylic acids is 1. The molecule has 0 spiro atoms. The van der Waals surface area contributed by atoms with Gasteiger partial charge in [0.15, 0.2) is 0 Å². The number of carboxylic acid groups (broad SMARTS) is 1. The number of nitrogens with two attached hydrogens (primary N) is 1. The maximum atomic E-state index is 11.4. The van der Waals surface area contributed by atoms with Gasteiger partial charge in [0.25, 0.3) is 0 Å². The molecule has 0 fully saturated rings. The molecule has 0 heterocycles. The van der Waals surface area contributed by atoms with Gasteiger partial charge in [-0.2, -0.15) is 12.6 Å². The molecule has 94 valence electrons. The van der Waals surface area contributed by atoms with E-state index < -0.39 is 5.97 Å². The number of carbonyl (C=O) groups is 2. The van der Waals surface area contributed by atoms with Gasteiger partial charge in [-0.25, -0.2) is 5.01 Å². The smallest absolute Gasteiger partial charge is 0.319 e. The topological polar surface area (TPSA) is 95.7 Å². The van der Waals surface area contributed by atoms with Crippen LogP contribution in [0.4, 0.5) is 0 Å². The van der Waals surface area contributed by atoms with Crippen LogP contribution in [0, 0.1) is 0 Å². The molecule has 0 aliphatic carbocycles. The lowest BCUT2D eigenvalue weighted by molar-refractivity contribution is -0.139. The molecule has 0 aromatic heterocycles. The minimum Gasteiger partial charge on any atom is -0.480 e. The van der Waals surface area contributed by atoms with Crippen LogP contribution in [0.25, 0.3) is 0 Å². The number of hydrogen-bond donors (Lipinski definition) is 4. The minimum atomic E-state index is -0.992. The summed E-state index contributed by atoms with van der Waals surface area (Å²) in [5.41, 5.74) is 7.79. The van der Waals surface area contributed by atoms with Gasteiger partial charge in [-0.1, -0.05) is 0 Å². The molecule has 1 unspecified atom stereocenters. The molecule has 0 aliphatic rings. The summed E-state index contributed by atoms with van der Waals surface area (Å²) in [5.74, 6) is -1.23. The third-order valence-electron chi connectivity index (χ3n) is 1.85. The summed E-state index contributed by atoms with van der Waals surface area (Å²) in [4.78, 5) is 21.7. The maximum absolute atomic E-state index is 11.4. The Balaban J connectivity index is 3.76. The Labute approximate surface area is 101 Å². The van der Waals surface area contributed by atoms with Crippen molar-refractivity contribution in [2.75, 3.05) is 20.1 Å². The molecule has 7 heteroatoms. The summed E-state index contributed by atoms with van der Waals surface area (Å²) >= 11 is 4.24. The van der Waals surface area contributed by atoms with Crippen LogP contribution in [0.2, 0.25) is 0 Å². The fourth-order valence-electron chi connectivity index (χ4n) is 1.17. The van der Waals surface area contributed by atoms with Crippen LogP contribution in [0.1, 0.15) is 19.3 Å². The highest BCUT2D eigenvalue weighted by atomic mass is 32.1. The van der Waals surface area contributed by atoms with Crippen LogP contribution in [-0.2, 0) is 9.59 Å². The largest absolute Gasteiger partial charge is 0.480 e. The van der Waals surface area contributed by atoms with Crippen LogP contribution in [0.15, 0.2) is 0 Å². The molecule has 0 rings (SSSR count). The Morgan fingerprint density at radius 3 is 2.69 bits per heavy atom. The summed E-state index contributed by atoms with van der Waals surface area (Å²) in [6.45, 7) is 0.351. The summed E-state index contributed by atoms with van der Waals surface area (Å²) in [5, 5.41) is 9.66. The van der Waals surface area contributed by atoms with E-state index in [1.165, 1.54) is 12.1 Å². The number of aliphatic carboxylic acids is 1. The molecule has 16 heavy (non-hydrogen) atoms. The van der Waals surface area contributed by atoms with E-state index in [4.69, 9.17) is 10.8 Å². The van der Waals surface area contributed by atoms with E-state index in [0.717, 1.165) is 12.8 Å². The third kappa shape index (κ3) is 8.51. The molecule has 0 saturated heterocycles.